The van der Waals surface area contributed by atoms with Gasteiger partial charge in [0.2, 0.25) is 0 Å². The second-order valence-electron chi connectivity index (χ2n) is 4.60. The van der Waals surface area contributed by atoms with Crippen LogP contribution < -0.4 is 5.73 Å². The maximum Gasteiger partial charge on any atom is 0.138 e. The number of hydrogen-bond donors (Lipinski definition) is 1. The molecule has 0 spiro atoms. The van der Waals surface area contributed by atoms with Crippen LogP contribution in [0.5, 0.6) is 0 Å². The van der Waals surface area contributed by atoms with E-state index in [2.05, 4.69) is 6.07 Å². The Morgan fingerprint density at radius 2 is 2.22 bits per heavy atom. The van der Waals surface area contributed by atoms with E-state index >= 15 is 0 Å². The molecule has 2 atom stereocenters. The molecule has 0 radical (unpaired) electrons. The predicted octanol–water partition coefficient (Wildman–Crippen LogP) is 2.28. The van der Waals surface area contributed by atoms with Crippen molar-refractivity contribution < 1.29 is 4.74 Å². The summed E-state index contributed by atoms with van der Waals surface area (Å²) >= 11 is 1.70. The highest BCUT2D eigenvalue weighted by atomic mass is 32.2. The molecule has 96 valence electrons. The fourth-order valence-corrected chi connectivity index (χ4v) is 3.24. The van der Waals surface area contributed by atoms with Crippen molar-refractivity contribution in [3.63, 3.8) is 0 Å². The van der Waals surface area contributed by atoms with E-state index in [0.717, 1.165) is 30.8 Å². The molecule has 1 fully saturated rings. The summed E-state index contributed by atoms with van der Waals surface area (Å²) in [6, 6.07) is 11.8. The Labute approximate surface area is 112 Å². The van der Waals surface area contributed by atoms with Gasteiger partial charge in [-0.1, -0.05) is 30.3 Å². The van der Waals surface area contributed by atoms with Crippen molar-refractivity contribution in [2.24, 2.45) is 5.73 Å². The van der Waals surface area contributed by atoms with Crippen LogP contribution in [0.2, 0.25) is 0 Å². The van der Waals surface area contributed by atoms with Crippen LogP contribution >= 0.6 is 11.8 Å². The first-order valence-electron chi connectivity index (χ1n) is 6.19. The van der Waals surface area contributed by atoms with E-state index < -0.39 is 5.54 Å². The van der Waals surface area contributed by atoms with E-state index in [1.165, 1.54) is 0 Å². The van der Waals surface area contributed by atoms with E-state index in [1.54, 1.807) is 11.8 Å². The van der Waals surface area contributed by atoms with Crippen molar-refractivity contribution in [1.82, 2.24) is 0 Å². The highest BCUT2D eigenvalue weighted by Gasteiger charge is 2.27. The molecule has 3 nitrogen and oxygen atoms in total. The van der Waals surface area contributed by atoms with Crippen LogP contribution in [-0.4, -0.2) is 24.2 Å². The topological polar surface area (TPSA) is 59.0 Å². The minimum absolute atomic E-state index is 0.341. The van der Waals surface area contributed by atoms with Gasteiger partial charge in [0.1, 0.15) is 5.54 Å². The summed E-state index contributed by atoms with van der Waals surface area (Å²) in [4.78, 5) is 0. The summed E-state index contributed by atoms with van der Waals surface area (Å²) in [5.74, 6) is 1.53. The molecule has 0 bridgehead atoms. The number of benzene rings is 1. The Morgan fingerprint density at radius 1 is 1.44 bits per heavy atom. The van der Waals surface area contributed by atoms with Crippen LogP contribution in [0.4, 0.5) is 0 Å². The van der Waals surface area contributed by atoms with Gasteiger partial charge >= 0.3 is 0 Å². The maximum absolute atomic E-state index is 9.31. The van der Waals surface area contributed by atoms with Crippen molar-refractivity contribution in [2.45, 2.75) is 24.5 Å². The fourth-order valence-electron chi connectivity index (χ4n) is 2.04. The number of hydrogen-bond acceptors (Lipinski definition) is 4. The summed E-state index contributed by atoms with van der Waals surface area (Å²) in [6.07, 6.45) is 2.62. The Hall–Kier alpha value is -1.02. The van der Waals surface area contributed by atoms with Gasteiger partial charge in [-0.15, -0.1) is 0 Å². The Bertz CT molecular complexity index is 412. The predicted molar refractivity (Wildman–Crippen MR) is 74.2 cm³/mol. The van der Waals surface area contributed by atoms with Crippen LogP contribution in [0.25, 0.3) is 0 Å². The van der Waals surface area contributed by atoms with Crippen molar-refractivity contribution in [3.05, 3.63) is 35.9 Å². The lowest BCUT2D eigenvalue weighted by Crippen LogP contribution is -2.38. The number of ether oxygens (including phenoxy) is 1. The lowest BCUT2D eigenvalue weighted by molar-refractivity contribution is 0.129. The molecular formula is C14H18N2OS. The highest BCUT2D eigenvalue weighted by Crippen LogP contribution is 2.25. The molecule has 1 aromatic carbocycles. The zero-order valence-corrected chi connectivity index (χ0v) is 11.2. The second-order valence-corrected chi connectivity index (χ2v) is 5.63. The SMILES string of the molecule is N#CC(N)(CSCC1CCCO1)c1ccccc1. The van der Waals surface area contributed by atoms with Gasteiger partial charge in [-0.05, 0) is 18.4 Å². The van der Waals surface area contributed by atoms with Gasteiger partial charge in [-0.3, -0.25) is 0 Å². The molecule has 0 aliphatic carbocycles. The van der Waals surface area contributed by atoms with Gasteiger partial charge in [-0.2, -0.15) is 17.0 Å². The number of nitrogens with two attached hydrogens (primary N) is 1. The summed E-state index contributed by atoms with van der Waals surface area (Å²) in [7, 11) is 0. The van der Waals surface area contributed by atoms with Gasteiger partial charge < -0.3 is 10.5 Å². The van der Waals surface area contributed by atoms with Crippen LogP contribution in [0.15, 0.2) is 30.3 Å². The van der Waals surface area contributed by atoms with E-state index in [-0.39, 0.29) is 0 Å². The number of nitrogens with zero attached hydrogens (tertiary/aromatic N) is 1. The lowest BCUT2D eigenvalue weighted by Gasteiger charge is -2.22. The molecule has 1 heterocycles. The molecule has 18 heavy (non-hydrogen) atoms. The molecule has 2 unspecified atom stereocenters. The molecule has 2 rings (SSSR count). The van der Waals surface area contributed by atoms with Gasteiger partial charge in [0, 0.05) is 18.1 Å². The van der Waals surface area contributed by atoms with Crippen molar-refractivity contribution in [1.29, 1.82) is 5.26 Å². The average Bonchev–Trinajstić information content (AvgIpc) is 2.93. The third-order valence-corrected chi connectivity index (χ3v) is 4.41. The van der Waals surface area contributed by atoms with E-state index in [9.17, 15) is 5.26 Å². The molecule has 1 saturated heterocycles. The number of thioether (sulfide) groups is 1. The normalized spacial score (nSPS) is 22.3. The molecule has 1 aliphatic heterocycles. The number of rotatable bonds is 5. The molecule has 0 saturated carbocycles. The lowest BCUT2D eigenvalue weighted by atomic mass is 9.95. The minimum Gasteiger partial charge on any atom is -0.377 e. The highest BCUT2D eigenvalue weighted by molar-refractivity contribution is 7.99. The molecule has 4 heteroatoms. The maximum atomic E-state index is 9.31. The quantitative estimate of drug-likeness (QED) is 0.884. The zero-order valence-electron chi connectivity index (χ0n) is 10.3. The van der Waals surface area contributed by atoms with E-state index in [1.807, 2.05) is 30.3 Å². The van der Waals surface area contributed by atoms with Gasteiger partial charge in [0.05, 0.1) is 12.2 Å². The molecule has 0 aromatic heterocycles. The van der Waals surface area contributed by atoms with E-state index in [0.29, 0.717) is 11.9 Å². The fraction of sp³-hybridized carbons (Fsp3) is 0.500. The van der Waals surface area contributed by atoms with Crippen molar-refractivity contribution in [3.8, 4) is 6.07 Å². The Morgan fingerprint density at radius 3 is 2.83 bits per heavy atom. The monoisotopic (exact) mass is 262 g/mol. The van der Waals surface area contributed by atoms with E-state index in [4.69, 9.17) is 10.5 Å². The van der Waals surface area contributed by atoms with Crippen LogP contribution in [0, 0.1) is 11.3 Å². The van der Waals surface area contributed by atoms with Gasteiger partial charge in [0.25, 0.3) is 0 Å². The van der Waals surface area contributed by atoms with Gasteiger partial charge in [-0.25, -0.2) is 0 Å². The smallest absolute Gasteiger partial charge is 0.138 e. The standard InChI is InChI=1S/C14H18N2OS/c15-10-14(16,12-5-2-1-3-6-12)11-18-9-13-7-4-8-17-13/h1-3,5-6,13H,4,7-9,11,16H2. The van der Waals surface area contributed by atoms with Crippen LogP contribution in [0.3, 0.4) is 0 Å². The average molecular weight is 262 g/mol. The second kappa shape index (κ2) is 6.24. The van der Waals surface area contributed by atoms with Gasteiger partial charge in [0.15, 0.2) is 0 Å². The summed E-state index contributed by atoms with van der Waals surface area (Å²) < 4.78 is 5.56. The molecule has 2 N–H and O–H groups in total. The number of nitriles is 1. The Balaban J connectivity index is 1.90. The first-order chi connectivity index (χ1) is 8.74. The van der Waals surface area contributed by atoms with Crippen LogP contribution in [-0.2, 0) is 10.3 Å². The van der Waals surface area contributed by atoms with Crippen molar-refractivity contribution >= 4 is 11.8 Å². The Kier molecular flexibility index (Phi) is 4.65. The molecule has 0 amide bonds. The molecule has 1 aliphatic rings. The third-order valence-electron chi connectivity index (χ3n) is 3.15. The molecular weight excluding hydrogens is 244 g/mol. The van der Waals surface area contributed by atoms with Crippen molar-refractivity contribution in [2.75, 3.05) is 18.1 Å². The summed E-state index contributed by atoms with van der Waals surface area (Å²) in [5.41, 5.74) is 6.16. The largest absolute Gasteiger partial charge is 0.377 e. The summed E-state index contributed by atoms with van der Waals surface area (Å²) in [5, 5.41) is 9.31. The first-order valence-corrected chi connectivity index (χ1v) is 7.35. The minimum atomic E-state index is -0.898. The molecule has 1 aromatic rings. The van der Waals surface area contributed by atoms with Crippen LogP contribution in [0.1, 0.15) is 18.4 Å². The first kappa shape index (κ1) is 13.4. The summed E-state index contributed by atoms with van der Waals surface area (Å²) in [6.45, 7) is 0.871. The zero-order chi connectivity index (χ0) is 12.8. The third kappa shape index (κ3) is 3.26.